The smallest absolute Gasteiger partial charge is 0.165 e. The minimum Gasteiger partial charge on any atom is -0.208 e. The van der Waals surface area contributed by atoms with Crippen LogP contribution >= 0.6 is 22.7 Å². The monoisotopic (exact) mass is 825 g/mol. The van der Waals surface area contributed by atoms with Crippen molar-refractivity contribution in [2.45, 2.75) is 0 Å². The molecule has 5 heteroatoms. The normalized spacial score (nSPS) is 11.5. The van der Waals surface area contributed by atoms with Crippen molar-refractivity contribution >= 4 is 63.0 Å². The number of hydrogen-bond donors (Lipinski definition) is 0. The van der Waals surface area contributed by atoms with E-state index in [1.807, 2.05) is 40.9 Å². The zero-order valence-electron chi connectivity index (χ0n) is 33.4. The third-order valence-corrected chi connectivity index (χ3v) is 14.3. The summed E-state index contributed by atoms with van der Waals surface area (Å²) in [5, 5.41) is 4.83. The van der Waals surface area contributed by atoms with Gasteiger partial charge in [0.2, 0.25) is 0 Å². The largest absolute Gasteiger partial charge is 0.208 e. The molecule has 0 aliphatic heterocycles. The average Bonchev–Trinajstić information content (AvgIpc) is 3.93. The number of fused-ring (bicyclic) bond motifs is 6. The summed E-state index contributed by atoms with van der Waals surface area (Å²) >= 11 is 3.64. The van der Waals surface area contributed by atoms with Gasteiger partial charge in [-0.05, 0) is 69.8 Å². The Kier molecular flexibility index (Phi) is 8.87. The molecule has 3 aromatic heterocycles. The van der Waals surface area contributed by atoms with Crippen LogP contribution < -0.4 is 0 Å². The fraction of sp³-hybridized carbons (Fsp3) is 0. The lowest BCUT2D eigenvalue weighted by molar-refractivity contribution is 1.08. The van der Waals surface area contributed by atoms with E-state index in [2.05, 4.69) is 194 Å². The molecule has 12 aromatic rings. The average molecular weight is 826 g/mol. The van der Waals surface area contributed by atoms with Crippen molar-refractivity contribution in [1.29, 1.82) is 0 Å². The molecule has 0 saturated heterocycles. The Labute approximate surface area is 366 Å². The minimum atomic E-state index is 0.648. The summed E-state index contributed by atoms with van der Waals surface area (Å²) < 4.78 is 4.80. The van der Waals surface area contributed by atoms with E-state index in [4.69, 9.17) is 15.0 Å². The molecule has 3 heterocycles. The molecule has 0 amide bonds. The van der Waals surface area contributed by atoms with Gasteiger partial charge in [-0.25, -0.2) is 15.0 Å². The van der Waals surface area contributed by atoms with Gasteiger partial charge in [-0.1, -0.05) is 176 Å². The molecule has 3 nitrogen and oxygen atoms in total. The van der Waals surface area contributed by atoms with E-state index in [9.17, 15) is 0 Å². The lowest BCUT2D eigenvalue weighted by atomic mass is 9.95. The van der Waals surface area contributed by atoms with Crippen LogP contribution in [0.2, 0.25) is 0 Å². The Morgan fingerprint density at radius 3 is 0.968 bits per heavy atom. The van der Waals surface area contributed by atoms with E-state index < -0.39 is 0 Å². The van der Waals surface area contributed by atoms with Crippen LogP contribution in [0.5, 0.6) is 0 Å². The highest BCUT2D eigenvalue weighted by Crippen LogP contribution is 2.48. The van der Waals surface area contributed by atoms with Gasteiger partial charge in [0.1, 0.15) is 0 Å². The molecule has 9 aromatic carbocycles. The first-order chi connectivity index (χ1) is 30.7. The fourth-order valence-corrected chi connectivity index (χ4v) is 11.4. The first-order valence-electron chi connectivity index (χ1n) is 20.8. The van der Waals surface area contributed by atoms with E-state index in [1.165, 1.54) is 75.5 Å². The molecule has 0 atom stereocenters. The van der Waals surface area contributed by atoms with E-state index in [1.54, 1.807) is 0 Å². The maximum Gasteiger partial charge on any atom is 0.165 e. The summed E-state index contributed by atoms with van der Waals surface area (Å²) in [4.78, 5) is 16.0. The van der Waals surface area contributed by atoms with Crippen molar-refractivity contribution in [3.8, 4) is 78.7 Å². The van der Waals surface area contributed by atoms with Gasteiger partial charge in [0.15, 0.2) is 17.5 Å². The second kappa shape index (κ2) is 15.2. The van der Waals surface area contributed by atoms with Crippen molar-refractivity contribution in [3.05, 3.63) is 212 Å². The Morgan fingerprint density at radius 1 is 0.226 bits per heavy atom. The Balaban J connectivity index is 1.10. The van der Waals surface area contributed by atoms with Crippen molar-refractivity contribution in [2.24, 2.45) is 0 Å². The van der Waals surface area contributed by atoms with Gasteiger partial charge >= 0.3 is 0 Å². The summed E-state index contributed by atoms with van der Waals surface area (Å²) in [6.07, 6.45) is 0. The SMILES string of the molecule is c1ccc(-c2cc(-c3ccccc3)c3sc4c(-c5nc(-c6ccccc6)nc(-c6cccc7c6sc6c(-c8ccccc8)cc(-c8ccccc8)cc67)n5)cccc4c3c2)cc1. The summed E-state index contributed by atoms with van der Waals surface area (Å²) in [6, 6.07) is 75.6. The number of thiophene rings is 2. The number of nitrogens with zero attached hydrogens (tertiary/aromatic N) is 3. The van der Waals surface area contributed by atoms with Crippen molar-refractivity contribution < 1.29 is 0 Å². The van der Waals surface area contributed by atoms with Gasteiger partial charge in [-0.3, -0.25) is 0 Å². The van der Waals surface area contributed by atoms with E-state index in [0.717, 1.165) is 26.1 Å². The van der Waals surface area contributed by atoms with Gasteiger partial charge in [-0.15, -0.1) is 22.7 Å². The summed E-state index contributed by atoms with van der Waals surface area (Å²) in [5.41, 5.74) is 12.5. The van der Waals surface area contributed by atoms with Gasteiger partial charge in [0, 0.05) is 68.2 Å². The van der Waals surface area contributed by atoms with Crippen LogP contribution in [-0.2, 0) is 0 Å². The Hall–Kier alpha value is -7.57. The van der Waals surface area contributed by atoms with E-state index >= 15 is 0 Å². The predicted octanol–water partition coefficient (Wildman–Crippen LogP) is 16.3. The second-order valence-corrected chi connectivity index (χ2v) is 17.5. The zero-order valence-corrected chi connectivity index (χ0v) is 35.0. The zero-order chi connectivity index (χ0) is 41.0. The first kappa shape index (κ1) is 36.3. The highest BCUT2D eigenvalue weighted by Gasteiger charge is 2.22. The predicted molar refractivity (Wildman–Crippen MR) is 264 cm³/mol. The highest BCUT2D eigenvalue weighted by molar-refractivity contribution is 7.27. The Bertz CT molecular complexity index is 3380. The van der Waals surface area contributed by atoms with Gasteiger partial charge < -0.3 is 0 Å². The maximum absolute atomic E-state index is 5.42. The topological polar surface area (TPSA) is 38.7 Å². The number of rotatable bonds is 7. The molecule has 0 aliphatic carbocycles. The van der Waals surface area contributed by atoms with Crippen molar-refractivity contribution in [2.75, 3.05) is 0 Å². The van der Waals surface area contributed by atoms with Crippen LogP contribution in [-0.4, -0.2) is 15.0 Å². The lowest BCUT2D eigenvalue weighted by Gasteiger charge is -2.10. The number of hydrogen-bond acceptors (Lipinski definition) is 5. The third-order valence-electron chi connectivity index (χ3n) is 11.7. The van der Waals surface area contributed by atoms with Gasteiger partial charge in [0.05, 0.1) is 0 Å². The summed E-state index contributed by atoms with van der Waals surface area (Å²) in [6.45, 7) is 0. The molecule has 0 radical (unpaired) electrons. The van der Waals surface area contributed by atoms with Crippen LogP contribution in [0.15, 0.2) is 212 Å². The number of aromatic nitrogens is 3. The van der Waals surface area contributed by atoms with Gasteiger partial charge in [0.25, 0.3) is 0 Å². The molecule has 0 aliphatic rings. The first-order valence-corrected chi connectivity index (χ1v) is 22.4. The van der Waals surface area contributed by atoms with E-state index in [-0.39, 0.29) is 0 Å². The van der Waals surface area contributed by atoms with Crippen molar-refractivity contribution in [1.82, 2.24) is 15.0 Å². The molecule has 0 saturated carbocycles. The van der Waals surface area contributed by atoms with Crippen LogP contribution in [0, 0.1) is 0 Å². The molecule has 0 unspecified atom stereocenters. The van der Waals surface area contributed by atoms with Crippen LogP contribution in [0.1, 0.15) is 0 Å². The van der Waals surface area contributed by atoms with Gasteiger partial charge in [-0.2, -0.15) is 0 Å². The molecular formula is C57H35N3S2. The highest BCUT2D eigenvalue weighted by atomic mass is 32.1. The van der Waals surface area contributed by atoms with Crippen LogP contribution in [0.25, 0.3) is 119 Å². The fourth-order valence-electron chi connectivity index (χ4n) is 8.74. The molecule has 12 rings (SSSR count). The minimum absolute atomic E-state index is 0.648. The Morgan fingerprint density at radius 2 is 0.565 bits per heavy atom. The maximum atomic E-state index is 5.42. The molecule has 290 valence electrons. The lowest BCUT2D eigenvalue weighted by Crippen LogP contribution is -2.00. The van der Waals surface area contributed by atoms with Crippen LogP contribution in [0.4, 0.5) is 0 Å². The molecule has 62 heavy (non-hydrogen) atoms. The molecule has 0 fully saturated rings. The molecule has 0 bridgehead atoms. The second-order valence-electron chi connectivity index (χ2n) is 15.5. The summed E-state index contributed by atoms with van der Waals surface area (Å²) in [7, 11) is 0. The molecule has 0 N–H and O–H groups in total. The standard InChI is InChI=1S/C57H35N3S2/c1-6-18-36(19-7-1)41-32-47(38-22-10-3-11-23-38)53-49(34-41)43-28-16-30-45(51(43)61-53)56-58-55(40-26-14-5-15-27-40)59-57(60-56)46-31-17-29-44-50-35-42(37-20-8-2-9-21-37)33-48(54(50)62-52(44)46)39-24-12-4-13-25-39/h1-35H. The molecule has 0 spiro atoms. The quantitative estimate of drug-likeness (QED) is 0.161. The number of benzene rings is 9. The summed E-state index contributed by atoms with van der Waals surface area (Å²) in [5.74, 6) is 1.96. The van der Waals surface area contributed by atoms with Crippen molar-refractivity contribution in [3.63, 3.8) is 0 Å². The van der Waals surface area contributed by atoms with E-state index in [0.29, 0.717) is 17.5 Å². The third kappa shape index (κ3) is 6.29. The van der Waals surface area contributed by atoms with Crippen LogP contribution in [0.3, 0.4) is 0 Å². The molecular weight excluding hydrogens is 791 g/mol.